The summed E-state index contributed by atoms with van der Waals surface area (Å²) in [7, 11) is 0. The number of carbonyl (C=O) groups excluding carboxylic acids is 1. The minimum absolute atomic E-state index is 0.184. The highest BCUT2D eigenvalue weighted by molar-refractivity contribution is 5.94. The summed E-state index contributed by atoms with van der Waals surface area (Å²) in [6, 6.07) is 10.0. The van der Waals surface area contributed by atoms with E-state index in [0.29, 0.717) is 56.0 Å². The number of carbonyl (C=O) groups is 1. The number of ether oxygens (including phenoxy) is 2. The van der Waals surface area contributed by atoms with Crippen LogP contribution in [-0.2, 0) is 14.9 Å². The Hall–Kier alpha value is -2.84. The number of halogens is 1. The number of piperidine rings is 1. The van der Waals surface area contributed by atoms with E-state index in [0.717, 1.165) is 5.69 Å². The molecule has 2 aliphatic rings. The van der Waals surface area contributed by atoms with Crippen LogP contribution in [0.25, 0.3) is 16.9 Å². The Labute approximate surface area is 186 Å². The van der Waals surface area contributed by atoms with Crippen LogP contribution >= 0.6 is 0 Å². The zero-order valence-corrected chi connectivity index (χ0v) is 18.6. The van der Waals surface area contributed by atoms with Crippen LogP contribution in [0.15, 0.2) is 36.4 Å². The van der Waals surface area contributed by atoms with Crippen molar-refractivity contribution in [3.63, 3.8) is 0 Å². The molecule has 5 rings (SSSR count). The number of amides is 1. The van der Waals surface area contributed by atoms with Crippen LogP contribution in [0.4, 0.5) is 4.39 Å². The molecule has 1 aromatic carbocycles. The highest BCUT2D eigenvalue weighted by Gasteiger charge is 2.41. The second kappa shape index (κ2) is 7.64. The molecule has 1 spiro atoms. The molecule has 2 fully saturated rings. The molecule has 0 aliphatic carbocycles. The Bertz CT molecular complexity index is 1170. The summed E-state index contributed by atoms with van der Waals surface area (Å²) in [6.45, 7) is 8.40. The van der Waals surface area contributed by atoms with Crippen molar-refractivity contribution < 1.29 is 18.7 Å². The van der Waals surface area contributed by atoms with Crippen LogP contribution in [0.3, 0.4) is 0 Å². The van der Waals surface area contributed by atoms with Crippen molar-refractivity contribution in [3.8, 4) is 11.3 Å². The van der Waals surface area contributed by atoms with Crippen molar-refractivity contribution in [1.29, 1.82) is 0 Å². The standard InChI is InChI=1S/C24H27FN4O3/c1-23(2,3)20-15-21-26-18(14-19(29(21)27-20)16-6-4-5-7-17(16)25)22(30)28-10-8-24(9-11-28)31-12-13-32-24/h4-7,14-15H,8-13H2,1-3H3. The van der Waals surface area contributed by atoms with Crippen molar-refractivity contribution in [3.05, 3.63) is 53.6 Å². The van der Waals surface area contributed by atoms with Gasteiger partial charge in [-0.3, -0.25) is 4.79 Å². The molecule has 2 aliphatic heterocycles. The molecule has 168 valence electrons. The van der Waals surface area contributed by atoms with Gasteiger partial charge in [-0.2, -0.15) is 5.10 Å². The van der Waals surface area contributed by atoms with Crippen LogP contribution in [0.2, 0.25) is 0 Å². The van der Waals surface area contributed by atoms with Crippen molar-refractivity contribution >= 4 is 11.6 Å². The maximum atomic E-state index is 14.7. The minimum Gasteiger partial charge on any atom is -0.347 e. The molecule has 2 saturated heterocycles. The lowest BCUT2D eigenvalue weighted by molar-refractivity contribution is -0.181. The molecule has 0 bridgehead atoms. The number of nitrogens with zero attached hydrogens (tertiary/aromatic N) is 4. The quantitative estimate of drug-likeness (QED) is 0.609. The van der Waals surface area contributed by atoms with E-state index in [9.17, 15) is 9.18 Å². The zero-order chi connectivity index (χ0) is 22.5. The van der Waals surface area contributed by atoms with Gasteiger partial charge in [0.2, 0.25) is 0 Å². The Balaban J connectivity index is 1.55. The topological polar surface area (TPSA) is 69.0 Å². The lowest BCUT2D eigenvalue weighted by atomic mass is 9.93. The van der Waals surface area contributed by atoms with Crippen molar-refractivity contribution in [2.24, 2.45) is 0 Å². The van der Waals surface area contributed by atoms with Gasteiger partial charge in [0.15, 0.2) is 11.4 Å². The average Bonchev–Trinajstić information content (AvgIpc) is 3.41. The first-order valence-corrected chi connectivity index (χ1v) is 11.0. The van der Waals surface area contributed by atoms with Crippen molar-refractivity contribution in [2.75, 3.05) is 26.3 Å². The molecule has 3 aromatic rings. The fourth-order valence-corrected chi connectivity index (χ4v) is 4.31. The SMILES string of the molecule is CC(C)(C)c1cc2nc(C(=O)N3CCC4(CC3)OCCO4)cc(-c3ccccc3F)n2n1. The van der Waals surface area contributed by atoms with Crippen LogP contribution in [-0.4, -0.2) is 57.5 Å². The summed E-state index contributed by atoms with van der Waals surface area (Å²) in [6.07, 6.45) is 1.25. The Kier molecular flexibility index (Phi) is 5.02. The highest BCUT2D eigenvalue weighted by atomic mass is 19.1. The number of rotatable bonds is 2. The van der Waals surface area contributed by atoms with E-state index in [1.807, 2.05) is 6.07 Å². The molecule has 0 saturated carbocycles. The molecule has 0 N–H and O–H groups in total. The maximum Gasteiger partial charge on any atom is 0.272 e. The number of aromatic nitrogens is 3. The molecular weight excluding hydrogens is 411 g/mol. The molecule has 32 heavy (non-hydrogen) atoms. The lowest BCUT2D eigenvalue weighted by Crippen LogP contribution is -2.47. The predicted octanol–water partition coefficient (Wildman–Crippen LogP) is 3.81. The number of hydrogen-bond acceptors (Lipinski definition) is 5. The predicted molar refractivity (Wildman–Crippen MR) is 117 cm³/mol. The highest BCUT2D eigenvalue weighted by Crippen LogP contribution is 2.32. The summed E-state index contributed by atoms with van der Waals surface area (Å²) >= 11 is 0. The second-order valence-electron chi connectivity index (χ2n) is 9.46. The van der Waals surface area contributed by atoms with Gasteiger partial charge in [0.25, 0.3) is 5.91 Å². The van der Waals surface area contributed by atoms with Gasteiger partial charge in [0, 0.05) is 43.0 Å². The zero-order valence-electron chi connectivity index (χ0n) is 18.6. The molecular formula is C24H27FN4O3. The van der Waals surface area contributed by atoms with Gasteiger partial charge in [-0.15, -0.1) is 0 Å². The van der Waals surface area contributed by atoms with Crippen LogP contribution in [0, 0.1) is 5.82 Å². The molecule has 0 unspecified atom stereocenters. The molecule has 0 atom stereocenters. The van der Waals surface area contributed by atoms with Crippen molar-refractivity contribution in [2.45, 2.75) is 44.8 Å². The third-order valence-corrected chi connectivity index (χ3v) is 6.19. The Morgan fingerprint density at radius 2 is 1.78 bits per heavy atom. The number of likely N-dealkylation sites (tertiary alicyclic amines) is 1. The van der Waals surface area contributed by atoms with Gasteiger partial charge in [-0.25, -0.2) is 13.9 Å². The summed E-state index contributed by atoms with van der Waals surface area (Å²) in [4.78, 5) is 19.8. The monoisotopic (exact) mass is 438 g/mol. The molecule has 8 heteroatoms. The van der Waals surface area contributed by atoms with Gasteiger partial charge in [0.05, 0.1) is 24.6 Å². The van der Waals surface area contributed by atoms with Gasteiger partial charge in [0.1, 0.15) is 11.5 Å². The van der Waals surface area contributed by atoms with E-state index in [1.54, 1.807) is 33.7 Å². The number of benzene rings is 1. The fraction of sp³-hybridized carbons (Fsp3) is 0.458. The molecule has 0 radical (unpaired) electrons. The maximum absolute atomic E-state index is 14.7. The van der Waals surface area contributed by atoms with Gasteiger partial charge >= 0.3 is 0 Å². The van der Waals surface area contributed by atoms with E-state index >= 15 is 0 Å². The number of hydrogen-bond donors (Lipinski definition) is 0. The van der Waals surface area contributed by atoms with E-state index in [2.05, 4.69) is 25.8 Å². The molecule has 4 heterocycles. The first kappa shape index (κ1) is 21.0. The smallest absolute Gasteiger partial charge is 0.272 e. The normalized spacial score (nSPS) is 18.6. The first-order valence-electron chi connectivity index (χ1n) is 11.0. The minimum atomic E-state index is -0.556. The van der Waals surface area contributed by atoms with Crippen LogP contribution in [0.1, 0.15) is 49.8 Å². The van der Waals surface area contributed by atoms with Gasteiger partial charge < -0.3 is 14.4 Å². The van der Waals surface area contributed by atoms with Crippen LogP contribution < -0.4 is 0 Å². The van der Waals surface area contributed by atoms with Gasteiger partial charge in [-0.05, 0) is 18.2 Å². The van der Waals surface area contributed by atoms with E-state index in [-0.39, 0.29) is 22.8 Å². The second-order valence-corrected chi connectivity index (χ2v) is 9.46. The third-order valence-electron chi connectivity index (χ3n) is 6.19. The summed E-state index contributed by atoms with van der Waals surface area (Å²) in [5.74, 6) is -1.11. The Morgan fingerprint density at radius 3 is 2.44 bits per heavy atom. The first-order chi connectivity index (χ1) is 15.3. The molecule has 2 aromatic heterocycles. The third kappa shape index (κ3) is 3.67. The lowest BCUT2D eigenvalue weighted by Gasteiger charge is -2.37. The Morgan fingerprint density at radius 1 is 1.09 bits per heavy atom. The van der Waals surface area contributed by atoms with E-state index in [1.165, 1.54) is 6.07 Å². The fourth-order valence-electron chi connectivity index (χ4n) is 4.31. The van der Waals surface area contributed by atoms with E-state index in [4.69, 9.17) is 14.6 Å². The summed E-state index contributed by atoms with van der Waals surface area (Å²) in [5.41, 5.74) is 2.29. The van der Waals surface area contributed by atoms with Crippen LogP contribution in [0.5, 0.6) is 0 Å². The summed E-state index contributed by atoms with van der Waals surface area (Å²) < 4.78 is 27.9. The number of fused-ring (bicyclic) bond motifs is 1. The van der Waals surface area contributed by atoms with Gasteiger partial charge in [-0.1, -0.05) is 32.9 Å². The average molecular weight is 439 g/mol. The van der Waals surface area contributed by atoms with Crippen molar-refractivity contribution in [1.82, 2.24) is 19.5 Å². The summed E-state index contributed by atoms with van der Waals surface area (Å²) in [5, 5.41) is 4.69. The largest absolute Gasteiger partial charge is 0.347 e. The molecule has 7 nitrogen and oxygen atoms in total. The van der Waals surface area contributed by atoms with E-state index < -0.39 is 5.79 Å². The molecule has 1 amide bonds.